The summed E-state index contributed by atoms with van der Waals surface area (Å²) in [6.45, 7) is 1.50. The number of carbonyl (C=O) groups is 1. The molecule has 1 atom stereocenters. The molecule has 1 aliphatic rings. The van der Waals surface area contributed by atoms with E-state index >= 15 is 0 Å². The van der Waals surface area contributed by atoms with Crippen LogP contribution in [0.25, 0.3) is 0 Å². The number of nitrogens with one attached hydrogen (secondary N) is 1. The molecule has 1 unspecified atom stereocenters. The molecular weight excluding hydrogens is 271 g/mol. The van der Waals surface area contributed by atoms with Crippen molar-refractivity contribution in [1.82, 2.24) is 5.32 Å². The lowest BCUT2D eigenvalue weighted by molar-refractivity contribution is -0.148. The minimum atomic E-state index is -4.22. The van der Waals surface area contributed by atoms with Crippen LogP contribution in [0, 0.1) is 0 Å². The topological polar surface area (TPSA) is 49.3 Å². The Morgan fingerprint density at radius 3 is 2.15 bits per heavy atom. The van der Waals surface area contributed by atoms with Crippen LogP contribution in [0.15, 0.2) is 0 Å². The first-order valence-corrected chi connectivity index (χ1v) is 7.31. The molecule has 20 heavy (non-hydrogen) atoms. The zero-order chi connectivity index (χ0) is 15.2. The third-order valence-corrected chi connectivity index (χ3v) is 3.99. The Labute approximate surface area is 117 Å². The molecular formula is C14H24F3NO2. The molecule has 6 heteroatoms. The van der Waals surface area contributed by atoms with Crippen LogP contribution in [0.2, 0.25) is 0 Å². The molecule has 3 nitrogen and oxygen atoms in total. The van der Waals surface area contributed by atoms with Crippen LogP contribution in [0.5, 0.6) is 0 Å². The Balaban J connectivity index is 2.54. The SMILES string of the molecule is CC(CCCC(F)(F)F)(NC1CCCCCC1)C(=O)O. The van der Waals surface area contributed by atoms with Gasteiger partial charge < -0.3 is 5.11 Å². The van der Waals surface area contributed by atoms with Gasteiger partial charge in [0.15, 0.2) is 0 Å². The van der Waals surface area contributed by atoms with Gasteiger partial charge in [0.2, 0.25) is 0 Å². The fraction of sp³-hybridized carbons (Fsp3) is 0.929. The fourth-order valence-corrected chi connectivity index (χ4v) is 2.76. The lowest BCUT2D eigenvalue weighted by Crippen LogP contribution is -2.53. The number of aliphatic carboxylic acids is 1. The van der Waals surface area contributed by atoms with Crippen molar-refractivity contribution in [2.45, 2.75) is 82.5 Å². The molecule has 118 valence electrons. The van der Waals surface area contributed by atoms with Gasteiger partial charge in [-0.3, -0.25) is 10.1 Å². The molecule has 0 amide bonds. The zero-order valence-corrected chi connectivity index (χ0v) is 11.9. The molecule has 2 N–H and O–H groups in total. The molecule has 0 aromatic heterocycles. The van der Waals surface area contributed by atoms with Crippen molar-refractivity contribution >= 4 is 5.97 Å². The maximum Gasteiger partial charge on any atom is 0.389 e. The highest BCUT2D eigenvalue weighted by Crippen LogP contribution is 2.27. The van der Waals surface area contributed by atoms with Gasteiger partial charge in [0.25, 0.3) is 0 Å². The van der Waals surface area contributed by atoms with Crippen molar-refractivity contribution in [2.24, 2.45) is 0 Å². The van der Waals surface area contributed by atoms with E-state index in [0.29, 0.717) is 0 Å². The Bertz CT molecular complexity index is 312. The number of carboxylic acid groups (broad SMARTS) is 1. The van der Waals surface area contributed by atoms with Crippen molar-refractivity contribution < 1.29 is 23.1 Å². The Hall–Kier alpha value is -0.780. The van der Waals surface area contributed by atoms with Crippen molar-refractivity contribution in [3.63, 3.8) is 0 Å². The van der Waals surface area contributed by atoms with E-state index in [4.69, 9.17) is 0 Å². The van der Waals surface area contributed by atoms with E-state index < -0.39 is 24.1 Å². The van der Waals surface area contributed by atoms with Gasteiger partial charge in [-0.2, -0.15) is 13.2 Å². The summed E-state index contributed by atoms with van der Waals surface area (Å²) >= 11 is 0. The van der Waals surface area contributed by atoms with Crippen LogP contribution in [-0.2, 0) is 4.79 Å². The summed E-state index contributed by atoms with van der Waals surface area (Å²) in [6, 6.07) is 0.101. The number of rotatable bonds is 6. The van der Waals surface area contributed by atoms with Crippen molar-refractivity contribution in [2.75, 3.05) is 0 Å². The molecule has 0 spiro atoms. The van der Waals surface area contributed by atoms with Crippen LogP contribution in [0.4, 0.5) is 13.2 Å². The first-order chi connectivity index (χ1) is 9.23. The summed E-state index contributed by atoms with van der Waals surface area (Å²) < 4.78 is 36.5. The average molecular weight is 295 g/mol. The van der Waals surface area contributed by atoms with Crippen LogP contribution in [0.3, 0.4) is 0 Å². The van der Waals surface area contributed by atoms with Gasteiger partial charge in [-0.15, -0.1) is 0 Å². The van der Waals surface area contributed by atoms with Gasteiger partial charge in [-0.1, -0.05) is 25.7 Å². The van der Waals surface area contributed by atoms with E-state index in [1.165, 1.54) is 6.92 Å². The Kier molecular flexibility index (Phi) is 6.30. The molecule has 1 fully saturated rings. The minimum absolute atomic E-state index is 0.00164. The molecule has 0 heterocycles. The molecule has 0 aliphatic heterocycles. The molecule has 0 saturated heterocycles. The van der Waals surface area contributed by atoms with Crippen LogP contribution in [-0.4, -0.2) is 28.8 Å². The predicted octanol–water partition coefficient (Wildman–Crippen LogP) is 3.87. The van der Waals surface area contributed by atoms with Crippen molar-refractivity contribution in [3.05, 3.63) is 0 Å². The molecule has 1 rings (SSSR count). The lowest BCUT2D eigenvalue weighted by atomic mass is 9.92. The second kappa shape index (κ2) is 7.29. The van der Waals surface area contributed by atoms with E-state index in [0.717, 1.165) is 38.5 Å². The standard InChI is InChI=1S/C14H24F3NO2/c1-13(12(19)20,9-6-10-14(15,16)17)18-11-7-4-2-3-5-8-11/h11,18H,2-10H2,1H3,(H,19,20). The largest absolute Gasteiger partial charge is 0.480 e. The third-order valence-electron chi connectivity index (χ3n) is 3.99. The van der Waals surface area contributed by atoms with Crippen molar-refractivity contribution in [1.29, 1.82) is 0 Å². The minimum Gasteiger partial charge on any atom is -0.480 e. The number of hydrogen-bond acceptors (Lipinski definition) is 2. The van der Waals surface area contributed by atoms with Gasteiger partial charge >= 0.3 is 12.1 Å². The maximum atomic E-state index is 12.2. The summed E-state index contributed by atoms with van der Waals surface area (Å²) in [5.41, 5.74) is -1.26. The third kappa shape index (κ3) is 6.11. The smallest absolute Gasteiger partial charge is 0.389 e. The first kappa shape index (κ1) is 17.3. The maximum absolute atomic E-state index is 12.2. The van der Waals surface area contributed by atoms with E-state index in [2.05, 4.69) is 5.32 Å². The van der Waals surface area contributed by atoms with Crippen LogP contribution < -0.4 is 5.32 Å². The second-order valence-corrected chi connectivity index (χ2v) is 5.94. The van der Waals surface area contributed by atoms with E-state index in [-0.39, 0.29) is 18.9 Å². The summed E-state index contributed by atoms with van der Waals surface area (Å²) in [5.74, 6) is -1.07. The van der Waals surface area contributed by atoms with Gasteiger partial charge in [0.05, 0.1) is 0 Å². The van der Waals surface area contributed by atoms with E-state index in [1.54, 1.807) is 0 Å². The molecule has 0 aromatic carbocycles. The fourth-order valence-electron chi connectivity index (χ4n) is 2.76. The van der Waals surface area contributed by atoms with Gasteiger partial charge in [-0.05, 0) is 32.6 Å². The van der Waals surface area contributed by atoms with Crippen LogP contribution in [0.1, 0.15) is 64.7 Å². The molecule has 0 bridgehead atoms. The van der Waals surface area contributed by atoms with Gasteiger partial charge in [0.1, 0.15) is 5.54 Å². The summed E-state index contributed by atoms with van der Waals surface area (Å²) in [7, 11) is 0. The number of halogens is 3. The normalized spacial score (nSPS) is 21.2. The lowest BCUT2D eigenvalue weighted by Gasteiger charge is -2.31. The Morgan fingerprint density at radius 2 is 1.70 bits per heavy atom. The monoisotopic (exact) mass is 295 g/mol. The highest BCUT2D eigenvalue weighted by Gasteiger charge is 2.36. The molecule has 0 radical (unpaired) electrons. The predicted molar refractivity (Wildman–Crippen MR) is 70.6 cm³/mol. The number of hydrogen-bond donors (Lipinski definition) is 2. The average Bonchev–Trinajstić information content (AvgIpc) is 2.55. The molecule has 1 aliphatic carbocycles. The van der Waals surface area contributed by atoms with Gasteiger partial charge in [0, 0.05) is 12.5 Å². The number of carboxylic acids is 1. The number of alkyl halides is 3. The highest BCUT2D eigenvalue weighted by atomic mass is 19.4. The summed E-state index contributed by atoms with van der Waals surface area (Å²) in [4.78, 5) is 11.4. The molecule has 1 saturated carbocycles. The first-order valence-electron chi connectivity index (χ1n) is 7.31. The Morgan fingerprint density at radius 1 is 1.15 bits per heavy atom. The van der Waals surface area contributed by atoms with Crippen molar-refractivity contribution in [3.8, 4) is 0 Å². The second-order valence-electron chi connectivity index (χ2n) is 5.94. The van der Waals surface area contributed by atoms with E-state index in [1.807, 2.05) is 0 Å². The van der Waals surface area contributed by atoms with Crippen LogP contribution >= 0.6 is 0 Å². The molecule has 0 aromatic rings. The van der Waals surface area contributed by atoms with Gasteiger partial charge in [-0.25, -0.2) is 0 Å². The summed E-state index contributed by atoms with van der Waals surface area (Å²) in [6.07, 6.45) is 0.899. The zero-order valence-electron chi connectivity index (χ0n) is 11.9. The quantitative estimate of drug-likeness (QED) is 0.731. The highest BCUT2D eigenvalue weighted by molar-refractivity contribution is 5.78. The van der Waals surface area contributed by atoms with E-state index in [9.17, 15) is 23.1 Å². The summed E-state index contributed by atoms with van der Waals surface area (Å²) in [5, 5.41) is 12.4.